The van der Waals surface area contributed by atoms with Gasteiger partial charge < -0.3 is 19.5 Å². The maximum absolute atomic E-state index is 13.7. The summed E-state index contributed by atoms with van der Waals surface area (Å²) >= 11 is 5.65. The molecule has 1 atom stereocenters. The molecule has 0 aromatic heterocycles. The first kappa shape index (κ1) is 20.5. The van der Waals surface area contributed by atoms with Gasteiger partial charge >= 0.3 is 5.97 Å². The molecule has 2 aromatic carbocycles. The van der Waals surface area contributed by atoms with Crippen molar-refractivity contribution >= 4 is 29.2 Å². The van der Waals surface area contributed by atoms with Crippen molar-refractivity contribution in [3.63, 3.8) is 0 Å². The van der Waals surface area contributed by atoms with Gasteiger partial charge in [0.1, 0.15) is 17.3 Å². The second-order valence-corrected chi connectivity index (χ2v) is 5.88. The van der Waals surface area contributed by atoms with Crippen LogP contribution in [0.4, 0.5) is 10.1 Å². The molecular formula is C19H19ClFNO5. The summed E-state index contributed by atoms with van der Waals surface area (Å²) in [6.45, 7) is 3.42. The van der Waals surface area contributed by atoms with Crippen molar-refractivity contribution in [3.8, 4) is 11.5 Å². The monoisotopic (exact) mass is 395 g/mol. The van der Waals surface area contributed by atoms with Crippen LogP contribution in [0.25, 0.3) is 0 Å². The number of nitrogens with one attached hydrogen (secondary N) is 1. The first-order chi connectivity index (χ1) is 12.9. The van der Waals surface area contributed by atoms with Crippen molar-refractivity contribution in [2.75, 3.05) is 18.5 Å². The highest BCUT2D eigenvalue weighted by molar-refractivity contribution is 6.30. The number of rotatable bonds is 8. The molecule has 1 N–H and O–H groups in total. The van der Waals surface area contributed by atoms with Crippen molar-refractivity contribution in [2.45, 2.75) is 20.0 Å². The molecule has 0 heterocycles. The lowest BCUT2D eigenvalue weighted by atomic mass is 10.3. The lowest BCUT2D eigenvalue weighted by Crippen LogP contribution is -2.31. The zero-order valence-electron chi connectivity index (χ0n) is 14.8. The van der Waals surface area contributed by atoms with E-state index in [0.717, 1.165) is 6.07 Å². The Bertz CT molecular complexity index is 797. The van der Waals surface area contributed by atoms with E-state index in [0.29, 0.717) is 18.1 Å². The molecule has 0 aliphatic carbocycles. The van der Waals surface area contributed by atoms with E-state index in [2.05, 4.69) is 5.32 Å². The first-order valence-corrected chi connectivity index (χ1v) is 8.58. The van der Waals surface area contributed by atoms with Gasteiger partial charge in [-0.15, -0.1) is 0 Å². The minimum Gasteiger partial charge on any atom is -0.494 e. The Kier molecular flexibility index (Phi) is 7.43. The molecule has 0 bridgehead atoms. The molecule has 0 saturated heterocycles. The molecule has 0 unspecified atom stereocenters. The van der Waals surface area contributed by atoms with Crippen LogP contribution in [-0.4, -0.2) is 31.2 Å². The topological polar surface area (TPSA) is 73.9 Å². The summed E-state index contributed by atoms with van der Waals surface area (Å²) in [6.07, 6.45) is -1.13. The van der Waals surface area contributed by atoms with E-state index in [4.69, 9.17) is 25.8 Å². The second kappa shape index (κ2) is 9.78. The molecule has 2 rings (SSSR count). The largest absolute Gasteiger partial charge is 0.494 e. The molecule has 8 heteroatoms. The third-order valence-electron chi connectivity index (χ3n) is 3.36. The van der Waals surface area contributed by atoms with E-state index >= 15 is 0 Å². The van der Waals surface area contributed by atoms with Gasteiger partial charge in [0.2, 0.25) is 0 Å². The predicted octanol–water partition coefficient (Wildman–Crippen LogP) is 3.83. The van der Waals surface area contributed by atoms with Crippen LogP contribution in [0.2, 0.25) is 5.02 Å². The SMILES string of the molecule is CCOc1ccc(OCC(=O)O[C@H](C)C(=O)Nc2ccc(Cl)cc2F)cc1. The van der Waals surface area contributed by atoms with Crippen molar-refractivity contribution in [1.82, 2.24) is 0 Å². The third-order valence-corrected chi connectivity index (χ3v) is 3.59. The molecule has 0 spiro atoms. The van der Waals surface area contributed by atoms with Gasteiger partial charge in [0.05, 0.1) is 12.3 Å². The number of ether oxygens (including phenoxy) is 3. The summed E-state index contributed by atoms with van der Waals surface area (Å²) in [5.41, 5.74) is -0.0575. The summed E-state index contributed by atoms with van der Waals surface area (Å²) in [7, 11) is 0. The lowest BCUT2D eigenvalue weighted by Gasteiger charge is -2.14. The normalized spacial score (nSPS) is 11.4. The first-order valence-electron chi connectivity index (χ1n) is 8.20. The second-order valence-electron chi connectivity index (χ2n) is 5.44. The van der Waals surface area contributed by atoms with Crippen molar-refractivity contribution in [2.24, 2.45) is 0 Å². The molecule has 2 aromatic rings. The highest BCUT2D eigenvalue weighted by atomic mass is 35.5. The fraction of sp³-hybridized carbons (Fsp3) is 0.263. The minimum atomic E-state index is -1.13. The van der Waals surface area contributed by atoms with E-state index in [1.165, 1.54) is 19.1 Å². The lowest BCUT2D eigenvalue weighted by molar-refractivity contribution is -0.155. The van der Waals surface area contributed by atoms with Crippen molar-refractivity contribution < 1.29 is 28.2 Å². The number of benzene rings is 2. The average Bonchev–Trinajstić information content (AvgIpc) is 2.63. The molecule has 6 nitrogen and oxygen atoms in total. The van der Waals surface area contributed by atoms with Crippen LogP contribution in [0.15, 0.2) is 42.5 Å². The number of halogens is 2. The Labute approximate surface area is 161 Å². The van der Waals surface area contributed by atoms with Crippen LogP contribution in [0.5, 0.6) is 11.5 Å². The Morgan fingerprint density at radius 1 is 1.11 bits per heavy atom. The fourth-order valence-corrected chi connectivity index (χ4v) is 2.21. The summed E-state index contributed by atoms with van der Waals surface area (Å²) < 4.78 is 29.3. The van der Waals surface area contributed by atoms with Gasteiger partial charge in [0.25, 0.3) is 5.91 Å². The molecule has 0 saturated carbocycles. The molecule has 1 amide bonds. The average molecular weight is 396 g/mol. The highest BCUT2D eigenvalue weighted by Gasteiger charge is 2.19. The van der Waals surface area contributed by atoms with E-state index in [9.17, 15) is 14.0 Å². The van der Waals surface area contributed by atoms with Crippen LogP contribution in [0.3, 0.4) is 0 Å². The van der Waals surface area contributed by atoms with E-state index in [1.54, 1.807) is 24.3 Å². The van der Waals surface area contributed by atoms with E-state index in [-0.39, 0.29) is 17.3 Å². The number of hydrogen-bond acceptors (Lipinski definition) is 5. The van der Waals surface area contributed by atoms with Crippen LogP contribution in [-0.2, 0) is 14.3 Å². The quantitative estimate of drug-likeness (QED) is 0.688. The van der Waals surface area contributed by atoms with Gasteiger partial charge in [-0.2, -0.15) is 0 Å². The number of amides is 1. The Hall–Kier alpha value is -2.80. The number of esters is 1. The number of carbonyl (C=O) groups is 2. The van der Waals surface area contributed by atoms with E-state index in [1.807, 2.05) is 6.92 Å². The predicted molar refractivity (Wildman–Crippen MR) is 98.7 cm³/mol. The van der Waals surface area contributed by atoms with Crippen LogP contribution < -0.4 is 14.8 Å². The molecule has 0 radical (unpaired) electrons. The van der Waals surface area contributed by atoms with Crippen molar-refractivity contribution in [1.29, 1.82) is 0 Å². The smallest absolute Gasteiger partial charge is 0.344 e. The Morgan fingerprint density at radius 2 is 1.74 bits per heavy atom. The van der Waals surface area contributed by atoms with Gasteiger partial charge in [-0.1, -0.05) is 11.6 Å². The van der Waals surface area contributed by atoms with Crippen LogP contribution in [0.1, 0.15) is 13.8 Å². The van der Waals surface area contributed by atoms with Gasteiger partial charge in [0, 0.05) is 5.02 Å². The number of anilines is 1. The summed E-state index contributed by atoms with van der Waals surface area (Å²) in [6, 6.07) is 10.5. The maximum atomic E-state index is 13.7. The zero-order valence-corrected chi connectivity index (χ0v) is 15.6. The van der Waals surface area contributed by atoms with Gasteiger partial charge in [-0.05, 0) is 56.3 Å². The standard InChI is InChI=1S/C19H19ClFNO5/c1-3-25-14-5-7-15(8-6-14)26-11-18(23)27-12(2)19(24)22-17-9-4-13(20)10-16(17)21/h4-10,12H,3,11H2,1-2H3,(H,22,24)/t12-/m1/s1. The van der Waals surface area contributed by atoms with Gasteiger partial charge in [-0.3, -0.25) is 4.79 Å². The molecule has 0 aliphatic rings. The third kappa shape index (κ3) is 6.45. The summed E-state index contributed by atoms with van der Waals surface area (Å²) in [5.74, 6) is -0.954. The highest BCUT2D eigenvalue weighted by Crippen LogP contribution is 2.19. The van der Waals surface area contributed by atoms with Gasteiger partial charge in [-0.25, -0.2) is 9.18 Å². The van der Waals surface area contributed by atoms with Gasteiger partial charge in [0.15, 0.2) is 12.7 Å². The molecule has 0 aliphatic heterocycles. The number of carbonyl (C=O) groups excluding carboxylic acids is 2. The Morgan fingerprint density at radius 3 is 2.33 bits per heavy atom. The fourth-order valence-electron chi connectivity index (χ4n) is 2.05. The molecule has 27 heavy (non-hydrogen) atoms. The Balaban J connectivity index is 1.81. The zero-order chi connectivity index (χ0) is 19.8. The van der Waals surface area contributed by atoms with Crippen LogP contribution >= 0.6 is 11.6 Å². The summed E-state index contributed by atoms with van der Waals surface area (Å²) in [4.78, 5) is 23.8. The minimum absolute atomic E-state index is 0.0575. The molecule has 144 valence electrons. The maximum Gasteiger partial charge on any atom is 0.344 e. The molecule has 0 fully saturated rings. The molecular weight excluding hydrogens is 377 g/mol. The van der Waals surface area contributed by atoms with E-state index < -0.39 is 23.8 Å². The van der Waals surface area contributed by atoms with Crippen molar-refractivity contribution in [3.05, 3.63) is 53.3 Å². The summed E-state index contributed by atoms with van der Waals surface area (Å²) in [5, 5.41) is 2.54. The van der Waals surface area contributed by atoms with Crippen LogP contribution in [0, 0.1) is 5.82 Å². The number of hydrogen-bond donors (Lipinski definition) is 1.